The van der Waals surface area contributed by atoms with Gasteiger partial charge in [0.2, 0.25) is 17.7 Å². The van der Waals surface area contributed by atoms with Crippen LogP contribution in [0, 0.1) is 29.5 Å². The SMILES string of the molecule is CNC(=O)CC(c1cccc(F)c1)N1C(=O)C2C3C=CC(C3)C2C1=O. The Bertz CT molecular complexity index is 761. The number of carbonyl (C=O) groups excluding carboxylic acids is 3. The summed E-state index contributed by atoms with van der Waals surface area (Å²) in [6.07, 6.45) is 4.83. The van der Waals surface area contributed by atoms with Crippen molar-refractivity contribution >= 4 is 17.7 Å². The normalized spacial score (nSPS) is 30.7. The van der Waals surface area contributed by atoms with Gasteiger partial charge in [0.1, 0.15) is 5.82 Å². The molecule has 5 nitrogen and oxygen atoms in total. The average molecular weight is 342 g/mol. The molecule has 4 rings (SSSR count). The molecule has 25 heavy (non-hydrogen) atoms. The number of likely N-dealkylation sites (tertiary alicyclic amines) is 1. The molecule has 2 aliphatic carbocycles. The number of imide groups is 1. The topological polar surface area (TPSA) is 66.5 Å². The van der Waals surface area contributed by atoms with Gasteiger partial charge in [-0.2, -0.15) is 0 Å². The van der Waals surface area contributed by atoms with E-state index in [4.69, 9.17) is 0 Å². The predicted molar refractivity (Wildman–Crippen MR) is 87.4 cm³/mol. The second kappa shape index (κ2) is 5.79. The Balaban J connectivity index is 1.71. The number of benzene rings is 1. The summed E-state index contributed by atoms with van der Waals surface area (Å²) in [6.45, 7) is 0. The molecule has 2 bridgehead atoms. The maximum Gasteiger partial charge on any atom is 0.234 e. The first kappa shape index (κ1) is 16.0. The van der Waals surface area contributed by atoms with E-state index in [1.807, 2.05) is 12.2 Å². The van der Waals surface area contributed by atoms with Crippen molar-refractivity contribution in [2.45, 2.75) is 18.9 Å². The molecule has 1 heterocycles. The lowest BCUT2D eigenvalue weighted by Gasteiger charge is -2.27. The molecule has 3 amide bonds. The van der Waals surface area contributed by atoms with Crippen LogP contribution in [0.5, 0.6) is 0 Å². The number of fused-ring (bicyclic) bond motifs is 5. The molecule has 3 aliphatic rings. The van der Waals surface area contributed by atoms with E-state index >= 15 is 0 Å². The van der Waals surface area contributed by atoms with Crippen LogP contribution in [0.2, 0.25) is 0 Å². The third-order valence-electron chi connectivity index (χ3n) is 5.71. The van der Waals surface area contributed by atoms with Crippen molar-refractivity contribution in [2.24, 2.45) is 23.7 Å². The van der Waals surface area contributed by atoms with E-state index in [9.17, 15) is 18.8 Å². The molecule has 1 N–H and O–H groups in total. The van der Waals surface area contributed by atoms with E-state index in [1.165, 1.54) is 30.1 Å². The Morgan fingerprint density at radius 3 is 2.44 bits per heavy atom. The Kier molecular flexibility index (Phi) is 3.71. The zero-order valence-corrected chi connectivity index (χ0v) is 13.8. The van der Waals surface area contributed by atoms with Crippen LogP contribution in [0.15, 0.2) is 36.4 Å². The van der Waals surface area contributed by atoms with Gasteiger partial charge in [-0.1, -0.05) is 24.3 Å². The van der Waals surface area contributed by atoms with Crippen molar-refractivity contribution in [1.82, 2.24) is 10.2 Å². The van der Waals surface area contributed by atoms with Crippen LogP contribution in [0.25, 0.3) is 0 Å². The fourth-order valence-electron chi connectivity index (χ4n) is 4.58. The first-order valence-electron chi connectivity index (χ1n) is 8.52. The van der Waals surface area contributed by atoms with E-state index in [1.54, 1.807) is 6.07 Å². The zero-order valence-electron chi connectivity index (χ0n) is 13.8. The minimum Gasteiger partial charge on any atom is -0.359 e. The Morgan fingerprint density at radius 1 is 1.24 bits per heavy atom. The van der Waals surface area contributed by atoms with Crippen LogP contribution in [-0.4, -0.2) is 29.7 Å². The maximum atomic E-state index is 13.7. The molecule has 5 atom stereocenters. The maximum absolute atomic E-state index is 13.7. The minimum absolute atomic E-state index is 0.0698. The molecule has 1 aliphatic heterocycles. The van der Waals surface area contributed by atoms with E-state index in [0.717, 1.165) is 6.42 Å². The van der Waals surface area contributed by atoms with Crippen molar-refractivity contribution in [3.05, 3.63) is 47.8 Å². The highest BCUT2D eigenvalue weighted by atomic mass is 19.1. The van der Waals surface area contributed by atoms with Gasteiger partial charge in [-0.3, -0.25) is 19.3 Å². The molecule has 0 aromatic heterocycles. The largest absolute Gasteiger partial charge is 0.359 e. The van der Waals surface area contributed by atoms with E-state index < -0.39 is 11.9 Å². The van der Waals surface area contributed by atoms with Gasteiger partial charge in [0, 0.05) is 7.05 Å². The number of allylic oxidation sites excluding steroid dienone is 2. The summed E-state index contributed by atoms with van der Waals surface area (Å²) in [4.78, 5) is 39.2. The lowest BCUT2D eigenvalue weighted by atomic mass is 9.85. The highest BCUT2D eigenvalue weighted by Crippen LogP contribution is 2.54. The van der Waals surface area contributed by atoms with Crippen molar-refractivity contribution in [3.63, 3.8) is 0 Å². The molecule has 0 spiro atoms. The van der Waals surface area contributed by atoms with Gasteiger partial charge in [-0.05, 0) is 36.0 Å². The highest BCUT2D eigenvalue weighted by Gasteiger charge is 2.60. The molecule has 1 saturated carbocycles. The Hall–Kier alpha value is -2.50. The minimum atomic E-state index is -0.777. The number of halogens is 1. The lowest BCUT2D eigenvalue weighted by Crippen LogP contribution is -2.39. The highest BCUT2D eigenvalue weighted by molar-refractivity contribution is 6.07. The fraction of sp³-hybridized carbons (Fsp3) is 0.421. The number of nitrogens with one attached hydrogen (secondary N) is 1. The van der Waals surface area contributed by atoms with Gasteiger partial charge in [-0.25, -0.2) is 4.39 Å². The number of rotatable bonds is 4. The summed E-state index contributed by atoms with van der Waals surface area (Å²) in [5, 5.41) is 2.52. The smallest absolute Gasteiger partial charge is 0.234 e. The van der Waals surface area contributed by atoms with Crippen LogP contribution in [-0.2, 0) is 14.4 Å². The standard InChI is InChI=1S/C19H19FN2O3/c1-21-15(23)9-14(10-3-2-4-13(20)8-10)22-18(24)16-11-5-6-12(7-11)17(16)19(22)25/h2-6,8,11-12,14,16-17H,7,9H2,1H3,(H,21,23). The quantitative estimate of drug-likeness (QED) is 0.670. The number of amides is 3. The van der Waals surface area contributed by atoms with Gasteiger partial charge in [0.15, 0.2) is 0 Å². The monoisotopic (exact) mass is 342 g/mol. The first-order chi connectivity index (χ1) is 12.0. The Morgan fingerprint density at radius 2 is 1.88 bits per heavy atom. The van der Waals surface area contributed by atoms with Crippen LogP contribution in [0.4, 0.5) is 4.39 Å². The molecule has 2 fully saturated rings. The molecule has 1 saturated heterocycles. The van der Waals surface area contributed by atoms with Crippen molar-refractivity contribution in [3.8, 4) is 0 Å². The molecule has 1 aromatic carbocycles. The van der Waals surface area contributed by atoms with Gasteiger partial charge in [0.05, 0.1) is 24.3 Å². The Labute approximate surface area is 144 Å². The van der Waals surface area contributed by atoms with E-state index in [-0.39, 0.29) is 47.8 Å². The second-order valence-electron chi connectivity index (χ2n) is 6.99. The van der Waals surface area contributed by atoms with Gasteiger partial charge in [-0.15, -0.1) is 0 Å². The molecule has 6 heteroatoms. The predicted octanol–water partition coefficient (Wildman–Crippen LogP) is 1.81. The third-order valence-corrected chi connectivity index (χ3v) is 5.71. The number of hydrogen-bond donors (Lipinski definition) is 1. The van der Waals surface area contributed by atoms with Crippen LogP contribution < -0.4 is 5.32 Å². The summed E-state index contributed by atoms with van der Waals surface area (Å²) in [6, 6.07) is 4.99. The number of carbonyl (C=O) groups is 3. The zero-order chi connectivity index (χ0) is 17.7. The van der Waals surface area contributed by atoms with Gasteiger partial charge >= 0.3 is 0 Å². The summed E-state index contributed by atoms with van der Waals surface area (Å²) in [7, 11) is 1.50. The first-order valence-corrected chi connectivity index (χ1v) is 8.52. The van der Waals surface area contributed by atoms with Gasteiger partial charge in [0.25, 0.3) is 0 Å². The summed E-state index contributed by atoms with van der Waals surface area (Å²) < 4.78 is 13.7. The van der Waals surface area contributed by atoms with E-state index in [0.29, 0.717) is 5.56 Å². The van der Waals surface area contributed by atoms with Crippen LogP contribution >= 0.6 is 0 Å². The molecule has 0 radical (unpaired) electrons. The summed E-state index contributed by atoms with van der Waals surface area (Å²) in [5.74, 6) is -1.68. The van der Waals surface area contributed by atoms with Crippen LogP contribution in [0.1, 0.15) is 24.4 Å². The van der Waals surface area contributed by atoms with Crippen molar-refractivity contribution < 1.29 is 18.8 Å². The summed E-state index contributed by atoms with van der Waals surface area (Å²) >= 11 is 0. The second-order valence-corrected chi connectivity index (χ2v) is 6.99. The van der Waals surface area contributed by atoms with Crippen LogP contribution in [0.3, 0.4) is 0 Å². The molecular formula is C19H19FN2O3. The molecular weight excluding hydrogens is 323 g/mol. The molecule has 130 valence electrons. The van der Waals surface area contributed by atoms with E-state index in [2.05, 4.69) is 5.32 Å². The fourth-order valence-corrected chi connectivity index (χ4v) is 4.58. The average Bonchev–Trinajstić information content (AvgIpc) is 3.27. The summed E-state index contributed by atoms with van der Waals surface area (Å²) in [5.41, 5.74) is 0.463. The molecule has 1 aromatic rings. The third kappa shape index (κ3) is 2.39. The lowest BCUT2D eigenvalue weighted by molar-refractivity contribution is -0.144. The number of hydrogen-bond acceptors (Lipinski definition) is 3. The number of nitrogens with zero attached hydrogens (tertiary/aromatic N) is 1. The van der Waals surface area contributed by atoms with Crippen molar-refractivity contribution in [2.75, 3.05) is 7.05 Å². The molecule has 5 unspecified atom stereocenters. The van der Waals surface area contributed by atoms with Crippen molar-refractivity contribution in [1.29, 1.82) is 0 Å². The van der Waals surface area contributed by atoms with Gasteiger partial charge < -0.3 is 5.32 Å².